The SMILES string of the molecule is CC(C)(C)C(=O)C1=CC=CS1=O. The van der Waals surface area contributed by atoms with Crippen molar-refractivity contribution in [3.63, 3.8) is 0 Å². The van der Waals surface area contributed by atoms with Gasteiger partial charge in [0.15, 0.2) is 5.78 Å². The topological polar surface area (TPSA) is 34.1 Å². The Morgan fingerprint density at radius 1 is 1.42 bits per heavy atom. The summed E-state index contributed by atoms with van der Waals surface area (Å²) in [4.78, 5) is 12.0. The first kappa shape index (κ1) is 9.39. The predicted octanol–water partition coefficient (Wildman–Crippen LogP) is 1.76. The number of Topliss-reactive ketones (excluding diaryl/α,β-unsaturated/α-hetero) is 1. The summed E-state index contributed by atoms with van der Waals surface area (Å²) in [5.74, 6) is -0.0363. The fourth-order valence-electron chi connectivity index (χ4n) is 0.875. The second kappa shape index (κ2) is 2.98. The standard InChI is InChI=1S/C9H12O2S/c1-9(2,3)8(10)7-5-4-6-12(7)11/h4-6H,1-3H3. The molecule has 0 radical (unpaired) electrons. The van der Waals surface area contributed by atoms with E-state index < -0.39 is 16.2 Å². The van der Waals surface area contributed by atoms with Gasteiger partial charge in [0.25, 0.3) is 0 Å². The first-order valence-corrected chi connectivity index (χ1v) is 4.98. The van der Waals surface area contributed by atoms with Crippen molar-refractivity contribution in [3.8, 4) is 0 Å². The summed E-state index contributed by atoms with van der Waals surface area (Å²) in [5.41, 5.74) is -0.437. The number of rotatable bonds is 1. The molecule has 0 saturated heterocycles. The van der Waals surface area contributed by atoms with E-state index in [4.69, 9.17) is 0 Å². The molecule has 0 aromatic rings. The van der Waals surface area contributed by atoms with Gasteiger partial charge in [0.2, 0.25) is 0 Å². The van der Waals surface area contributed by atoms with Crippen molar-refractivity contribution in [2.75, 3.05) is 0 Å². The number of hydrogen-bond acceptors (Lipinski definition) is 2. The largest absolute Gasteiger partial charge is 0.293 e. The van der Waals surface area contributed by atoms with Gasteiger partial charge in [-0.15, -0.1) is 0 Å². The highest BCUT2D eigenvalue weighted by Crippen LogP contribution is 2.24. The van der Waals surface area contributed by atoms with E-state index in [0.29, 0.717) is 4.91 Å². The van der Waals surface area contributed by atoms with E-state index in [1.807, 2.05) is 20.8 Å². The lowest BCUT2D eigenvalue weighted by atomic mass is 9.90. The van der Waals surface area contributed by atoms with Crippen molar-refractivity contribution < 1.29 is 9.00 Å². The van der Waals surface area contributed by atoms with Gasteiger partial charge >= 0.3 is 0 Å². The highest BCUT2D eigenvalue weighted by molar-refractivity contribution is 7.93. The van der Waals surface area contributed by atoms with Crippen molar-refractivity contribution in [2.45, 2.75) is 20.8 Å². The molecule has 66 valence electrons. The molecule has 12 heavy (non-hydrogen) atoms. The Kier molecular flexibility index (Phi) is 2.33. The molecule has 1 aliphatic heterocycles. The van der Waals surface area contributed by atoms with Crippen molar-refractivity contribution in [1.29, 1.82) is 0 Å². The summed E-state index contributed by atoms with van der Waals surface area (Å²) in [7, 11) is -1.21. The molecule has 1 atom stereocenters. The molecule has 1 rings (SSSR count). The molecule has 0 spiro atoms. The smallest absolute Gasteiger partial charge is 0.177 e. The minimum absolute atomic E-state index is 0.0363. The average molecular weight is 184 g/mol. The van der Waals surface area contributed by atoms with E-state index in [-0.39, 0.29) is 5.78 Å². The van der Waals surface area contributed by atoms with Gasteiger partial charge in [0.1, 0.15) is 0 Å². The van der Waals surface area contributed by atoms with Crippen LogP contribution in [0.15, 0.2) is 22.5 Å². The summed E-state index contributed by atoms with van der Waals surface area (Å²) in [6.45, 7) is 5.48. The lowest BCUT2D eigenvalue weighted by Crippen LogP contribution is -2.22. The van der Waals surface area contributed by atoms with E-state index in [9.17, 15) is 9.00 Å². The molecule has 3 heteroatoms. The molecule has 0 aliphatic carbocycles. The van der Waals surface area contributed by atoms with Gasteiger partial charge in [0.05, 0.1) is 15.7 Å². The van der Waals surface area contributed by atoms with Crippen LogP contribution >= 0.6 is 0 Å². The molecule has 2 nitrogen and oxygen atoms in total. The highest BCUT2D eigenvalue weighted by atomic mass is 32.2. The summed E-state index contributed by atoms with van der Waals surface area (Å²) in [5, 5.41) is 1.53. The number of hydrogen-bond donors (Lipinski definition) is 0. The van der Waals surface area contributed by atoms with E-state index >= 15 is 0 Å². The molecule has 0 fully saturated rings. The van der Waals surface area contributed by atoms with Gasteiger partial charge in [-0.2, -0.15) is 0 Å². The van der Waals surface area contributed by atoms with E-state index in [1.165, 1.54) is 5.41 Å². The maximum absolute atomic E-state index is 11.6. The average Bonchev–Trinajstić information content (AvgIpc) is 2.31. The van der Waals surface area contributed by atoms with Crippen LogP contribution < -0.4 is 0 Å². The van der Waals surface area contributed by atoms with Gasteiger partial charge in [-0.25, -0.2) is 4.21 Å². The number of carbonyl (C=O) groups excluding carboxylic acids is 1. The maximum Gasteiger partial charge on any atom is 0.177 e. The number of carbonyl (C=O) groups is 1. The van der Waals surface area contributed by atoms with Crippen LogP contribution in [-0.2, 0) is 15.6 Å². The fraction of sp³-hybridized carbons (Fsp3) is 0.444. The van der Waals surface area contributed by atoms with Crippen molar-refractivity contribution in [3.05, 3.63) is 22.5 Å². The van der Waals surface area contributed by atoms with Gasteiger partial charge in [-0.3, -0.25) is 4.79 Å². The molecule has 0 saturated carbocycles. The minimum atomic E-state index is -1.21. The van der Waals surface area contributed by atoms with Crippen molar-refractivity contribution >= 4 is 16.6 Å². The number of allylic oxidation sites excluding steroid dienone is 3. The van der Waals surface area contributed by atoms with Crippen LogP contribution in [0.25, 0.3) is 0 Å². The van der Waals surface area contributed by atoms with Crippen LogP contribution in [0.3, 0.4) is 0 Å². The summed E-state index contributed by atoms with van der Waals surface area (Å²) >= 11 is 0. The Bertz CT molecular complexity index is 292. The Labute approximate surface area is 74.8 Å². The van der Waals surface area contributed by atoms with E-state index in [2.05, 4.69) is 0 Å². The molecule has 1 heterocycles. The highest BCUT2D eigenvalue weighted by Gasteiger charge is 2.28. The molecule has 0 bridgehead atoms. The van der Waals surface area contributed by atoms with Gasteiger partial charge < -0.3 is 0 Å². The summed E-state index contributed by atoms with van der Waals surface area (Å²) in [6.07, 6.45) is 3.29. The zero-order valence-corrected chi connectivity index (χ0v) is 8.27. The van der Waals surface area contributed by atoms with Gasteiger partial charge in [0, 0.05) is 10.8 Å². The second-order valence-electron chi connectivity index (χ2n) is 3.74. The van der Waals surface area contributed by atoms with E-state index in [0.717, 1.165) is 0 Å². The monoisotopic (exact) mass is 184 g/mol. The summed E-state index contributed by atoms with van der Waals surface area (Å²) < 4.78 is 11.2. The second-order valence-corrected chi connectivity index (χ2v) is 5.04. The first-order chi connectivity index (χ1) is 5.43. The van der Waals surface area contributed by atoms with Gasteiger partial charge in [-0.1, -0.05) is 26.8 Å². The normalized spacial score (nSPS) is 22.6. The third-order valence-electron chi connectivity index (χ3n) is 1.57. The Morgan fingerprint density at radius 2 is 2.00 bits per heavy atom. The lowest BCUT2D eigenvalue weighted by molar-refractivity contribution is -0.121. The number of ketones is 1. The van der Waals surface area contributed by atoms with Crippen LogP contribution in [0.1, 0.15) is 20.8 Å². The minimum Gasteiger partial charge on any atom is -0.293 e. The maximum atomic E-state index is 11.6. The quantitative estimate of drug-likeness (QED) is 0.622. The molecule has 1 aliphatic rings. The first-order valence-electron chi connectivity index (χ1n) is 3.77. The van der Waals surface area contributed by atoms with Crippen LogP contribution in [-0.4, -0.2) is 9.99 Å². The van der Waals surface area contributed by atoms with Crippen LogP contribution in [0.2, 0.25) is 0 Å². The molecule has 0 aromatic carbocycles. The lowest BCUT2D eigenvalue weighted by Gasteiger charge is -2.16. The van der Waals surface area contributed by atoms with Crippen LogP contribution in [0.5, 0.6) is 0 Å². The molecule has 0 N–H and O–H groups in total. The zero-order valence-electron chi connectivity index (χ0n) is 7.46. The van der Waals surface area contributed by atoms with Crippen LogP contribution in [0, 0.1) is 5.41 Å². The van der Waals surface area contributed by atoms with Crippen molar-refractivity contribution in [1.82, 2.24) is 0 Å². The summed E-state index contributed by atoms with van der Waals surface area (Å²) in [6, 6.07) is 0. The molecular weight excluding hydrogens is 172 g/mol. The Hall–Kier alpha value is -0.700. The zero-order chi connectivity index (χ0) is 9.35. The molecular formula is C9H12O2S. The predicted molar refractivity (Wildman–Crippen MR) is 49.8 cm³/mol. The van der Waals surface area contributed by atoms with Gasteiger partial charge in [-0.05, 0) is 6.08 Å². The van der Waals surface area contributed by atoms with E-state index in [1.54, 1.807) is 12.2 Å². The van der Waals surface area contributed by atoms with Crippen LogP contribution in [0.4, 0.5) is 0 Å². The Balaban J connectivity index is 2.88. The molecule has 0 aromatic heterocycles. The molecule has 1 unspecified atom stereocenters. The fourth-order valence-corrected chi connectivity index (χ4v) is 1.94. The Morgan fingerprint density at radius 3 is 2.33 bits per heavy atom. The third-order valence-corrected chi connectivity index (χ3v) is 2.73. The third kappa shape index (κ3) is 1.72. The van der Waals surface area contributed by atoms with Crippen molar-refractivity contribution in [2.24, 2.45) is 5.41 Å². The molecule has 0 amide bonds.